The summed E-state index contributed by atoms with van der Waals surface area (Å²) in [4.78, 5) is 0. The molecule has 0 aromatic heterocycles. The maximum Gasteiger partial charge on any atom is 0.165 e. The van der Waals surface area contributed by atoms with Crippen molar-refractivity contribution in [1.82, 2.24) is 0 Å². The van der Waals surface area contributed by atoms with E-state index in [1.807, 2.05) is 0 Å². The molecule has 0 heterocycles. The molecule has 0 fully saturated rings. The van der Waals surface area contributed by atoms with Gasteiger partial charge in [0, 0.05) is 23.3 Å². The van der Waals surface area contributed by atoms with Gasteiger partial charge in [-0.2, -0.15) is 0 Å². The zero-order chi connectivity index (χ0) is 18.6. The van der Waals surface area contributed by atoms with Gasteiger partial charge in [0.05, 0.1) is 0 Å². The van der Waals surface area contributed by atoms with Gasteiger partial charge >= 0.3 is 0 Å². The van der Waals surface area contributed by atoms with E-state index in [0.717, 1.165) is 12.1 Å². The molecule has 0 N–H and O–H groups in total. The predicted octanol–water partition coefficient (Wildman–Crippen LogP) is 6.45. The Labute approximate surface area is 137 Å². The number of hydrogen-bond donors (Lipinski definition) is 0. The number of hydrogen-bond acceptors (Lipinski definition) is 0. The minimum Gasteiger partial charge on any atom is -0.207 e. The van der Waals surface area contributed by atoms with Gasteiger partial charge in [0.1, 0.15) is 23.3 Å². The Morgan fingerprint density at radius 1 is 0.583 bits per heavy atom. The van der Waals surface area contributed by atoms with Crippen LogP contribution in [0.25, 0.3) is 0 Å². The van der Waals surface area contributed by atoms with Crippen LogP contribution in [0.2, 0.25) is 0 Å². The third kappa shape index (κ3) is 4.76. The topological polar surface area (TPSA) is 0 Å². The van der Waals surface area contributed by atoms with Gasteiger partial charge in [-0.05, 0) is 24.0 Å². The molecule has 0 unspecified atom stereocenters. The van der Waals surface area contributed by atoms with E-state index in [1.165, 1.54) is 0 Å². The summed E-state index contributed by atoms with van der Waals surface area (Å²) in [6.07, 6.45) is 0. The van der Waals surface area contributed by atoms with Crippen LogP contribution in [0.4, 0.5) is 26.3 Å². The normalized spacial score (nSPS) is 10.8. The summed E-state index contributed by atoms with van der Waals surface area (Å²) in [5.41, 5.74) is -0.244. The van der Waals surface area contributed by atoms with E-state index in [4.69, 9.17) is 0 Å². The molecule has 2 aromatic rings. The summed E-state index contributed by atoms with van der Waals surface area (Å²) in [6, 6.07) is 3.11. The molecule has 6 heteroatoms. The Bertz CT molecular complexity index is 684. The lowest BCUT2D eigenvalue weighted by Gasteiger charge is -2.08. The SMILES string of the molecule is CC(C)c1c(F)cc(F)cc1F.CC(C)c1c(F)ccc(F)c1F. The summed E-state index contributed by atoms with van der Waals surface area (Å²) in [7, 11) is 0. The Kier molecular flexibility index (Phi) is 6.87. The predicted molar refractivity (Wildman–Crippen MR) is 80.8 cm³/mol. The van der Waals surface area contributed by atoms with E-state index in [9.17, 15) is 26.3 Å². The first-order valence-electron chi connectivity index (χ1n) is 7.34. The Morgan fingerprint density at radius 3 is 1.38 bits per heavy atom. The average Bonchev–Trinajstić information content (AvgIpc) is 2.42. The Balaban J connectivity index is 0.000000240. The number of rotatable bonds is 2. The second-order valence-corrected chi connectivity index (χ2v) is 5.85. The summed E-state index contributed by atoms with van der Waals surface area (Å²) < 4.78 is 76.5. The average molecular weight is 348 g/mol. The molecule has 0 spiro atoms. The molecule has 0 radical (unpaired) electrons. The van der Waals surface area contributed by atoms with Crippen molar-refractivity contribution in [1.29, 1.82) is 0 Å². The van der Waals surface area contributed by atoms with E-state index >= 15 is 0 Å². The molecule has 0 aliphatic carbocycles. The maximum atomic E-state index is 12.9. The highest BCUT2D eigenvalue weighted by Gasteiger charge is 2.16. The minimum absolute atomic E-state index is 0.0589. The maximum absolute atomic E-state index is 12.9. The fourth-order valence-electron chi connectivity index (χ4n) is 2.18. The molecule has 0 saturated carbocycles. The number of halogens is 6. The Hall–Kier alpha value is -1.98. The molecular weight excluding hydrogens is 330 g/mol. The Morgan fingerprint density at radius 2 is 1.00 bits per heavy atom. The highest BCUT2D eigenvalue weighted by Crippen LogP contribution is 2.24. The molecule has 0 saturated heterocycles. The van der Waals surface area contributed by atoms with Gasteiger partial charge in [0.2, 0.25) is 0 Å². The van der Waals surface area contributed by atoms with Crippen LogP contribution in [0.3, 0.4) is 0 Å². The van der Waals surface area contributed by atoms with Crippen molar-refractivity contribution in [3.8, 4) is 0 Å². The van der Waals surface area contributed by atoms with Gasteiger partial charge in [-0.15, -0.1) is 0 Å². The van der Waals surface area contributed by atoms with E-state index in [1.54, 1.807) is 27.7 Å². The van der Waals surface area contributed by atoms with Gasteiger partial charge in [-0.3, -0.25) is 0 Å². The van der Waals surface area contributed by atoms with Crippen LogP contribution in [0.5, 0.6) is 0 Å². The van der Waals surface area contributed by atoms with Crippen LogP contribution in [0.1, 0.15) is 50.7 Å². The smallest absolute Gasteiger partial charge is 0.165 e. The third-order valence-electron chi connectivity index (χ3n) is 3.28. The van der Waals surface area contributed by atoms with Crippen molar-refractivity contribution < 1.29 is 26.3 Å². The molecule has 132 valence electrons. The van der Waals surface area contributed by atoms with E-state index < -0.39 is 34.9 Å². The highest BCUT2D eigenvalue weighted by atomic mass is 19.2. The lowest BCUT2D eigenvalue weighted by Crippen LogP contribution is -2.00. The van der Waals surface area contributed by atoms with Crippen molar-refractivity contribution in [3.05, 3.63) is 70.3 Å². The van der Waals surface area contributed by atoms with Crippen molar-refractivity contribution >= 4 is 0 Å². The van der Waals surface area contributed by atoms with Gasteiger partial charge in [-0.1, -0.05) is 27.7 Å². The molecule has 24 heavy (non-hydrogen) atoms. The van der Waals surface area contributed by atoms with Crippen LogP contribution >= 0.6 is 0 Å². The highest BCUT2D eigenvalue weighted by molar-refractivity contribution is 5.24. The van der Waals surface area contributed by atoms with E-state index in [0.29, 0.717) is 12.1 Å². The quantitative estimate of drug-likeness (QED) is 0.432. The van der Waals surface area contributed by atoms with Gasteiger partial charge in [0.25, 0.3) is 0 Å². The molecule has 0 nitrogen and oxygen atoms in total. The van der Waals surface area contributed by atoms with Crippen LogP contribution in [0.15, 0.2) is 24.3 Å². The molecule has 0 atom stereocenters. The second-order valence-electron chi connectivity index (χ2n) is 5.85. The largest absolute Gasteiger partial charge is 0.207 e. The lowest BCUT2D eigenvalue weighted by molar-refractivity contribution is 0.472. The van der Waals surface area contributed by atoms with Gasteiger partial charge in [0.15, 0.2) is 11.6 Å². The second kappa shape index (κ2) is 8.22. The van der Waals surface area contributed by atoms with Crippen molar-refractivity contribution in [2.24, 2.45) is 0 Å². The van der Waals surface area contributed by atoms with Crippen molar-refractivity contribution in [2.45, 2.75) is 39.5 Å². The summed E-state index contributed by atoms with van der Waals surface area (Å²) >= 11 is 0. The molecule has 2 aromatic carbocycles. The van der Waals surface area contributed by atoms with Crippen LogP contribution in [0, 0.1) is 34.9 Å². The van der Waals surface area contributed by atoms with Gasteiger partial charge in [-0.25, -0.2) is 26.3 Å². The zero-order valence-corrected chi connectivity index (χ0v) is 13.7. The van der Waals surface area contributed by atoms with Gasteiger partial charge < -0.3 is 0 Å². The first-order valence-corrected chi connectivity index (χ1v) is 7.34. The number of benzene rings is 2. The van der Waals surface area contributed by atoms with Crippen molar-refractivity contribution in [3.63, 3.8) is 0 Å². The summed E-state index contributed by atoms with van der Waals surface area (Å²) in [5.74, 6) is -5.90. The fraction of sp³-hybridized carbons (Fsp3) is 0.333. The molecule has 0 aliphatic rings. The van der Waals surface area contributed by atoms with Crippen LogP contribution in [-0.2, 0) is 0 Å². The third-order valence-corrected chi connectivity index (χ3v) is 3.28. The lowest BCUT2D eigenvalue weighted by atomic mass is 10.0. The minimum atomic E-state index is -1.08. The molecule has 0 amide bonds. The fourth-order valence-corrected chi connectivity index (χ4v) is 2.18. The monoisotopic (exact) mass is 348 g/mol. The van der Waals surface area contributed by atoms with Crippen LogP contribution in [-0.4, -0.2) is 0 Å². The first-order chi connectivity index (χ1) is 11.1. The van der Waals surface area contributed by atoms with E-state index in [-0.39, 0.29) is 23.0 Å². The summed E-state index contributed by atoms with van der Waals surface area (Å²) in [5, 5.41) is 0. The zero-order valence-electron chi connectivity index (χ0n) is 13.7. The first kappa shape index (κ1) is 20.1. The van der Waals surface area contributed by atoms with Crippen molar-refractivity contribution in [2.75, 3.05) is 0 Å². The standard InChI is InChI=1S/2C9H9F3/c1-5(2)9-7(11)3-6(10)4-8(9)12;1-5(2)8-6(10)3-4-7(11)9(8)12/h2*3-5H,1-2H3. The molecule has 2 rings (SSSR count). The summed E-state index contributed by atoms with van der Waals surface area (Å²) in [6.45, 7) is 6.53. The van der Waals surface area contributed by atoms with E-state index in [2.05, 4.69) is 0 Å². The van der Waals surface area contributed by atoms with Crippen LogP contribution < -0.4 is 0 Å². The molecule has 0 aliphatic heterocycles. The molecular formula is C18H18F6. The molecule has 0 bridgehead atoms.